The average Bonchev–Trinajstić information content (AvgIpc) is 3.19. The maximum Gasteiger partial charge on any atom is 0.261 e. The highest BCUT2D eigenvalue weighted by Gasteiger charge is 2.17. The Morgan fingerprint density at radius 3 is 2.48 bits per heavy atom. The molecule has 1 fully saturated rings. The summed E-state index contributed by atoms with van der Waals surface area (Å²) in [6.45, 7) is 2.47. The van der Waals surface area contributed by atoms with Gasteiger partial charge < -0.3 is 5.32 Å². The number of halogens is 1. The van der Waals surface area contributed by atoms with Gasteiger partial charge in [0.1, 0.15) is 0 Å². The summed E-state index contributed by atoms with van der Waals surface area (Å²) in [5.74, 6) is 0.623. The molecule has 3 rings (SSSR count). The van der Waals surface area contributed by atoms with Crippen molar-refractivity contribution in [3.05, 3.63) is 58.6 Å². The van der Waals surface area contributed by atoms with E-state index in [1.54, 1.807) is 30.3 Å². The van der Waals surface area contributed by atoms with Gasteiger partial charge in [0.25, 0.3) is 15.9 Å². The summed E-state index contributed by atoms with van der Waals surface area (Å²) in [7, 11) is -3.72. The van der Waals surface area contributed by atoms with Gasteiger partial charge in [0.15, 0.2) is 0 Å². The van der Waals surface area contributed by atoms with Gasteiger partial charge in [0, 0.05) is 17.5 Å². The molecule has 8 heteroatoms. The van der Waals surface area contributed by atoms with Crippen molar-refractivity contribution < 1.29 is 13.2 Å². The lowest BCUT2D eigenvalue weighted by molar-refractivity contribution is 0.0956. The van der Waals surface area contributed by atoms with Crippen LogP contribution in [0.2, 0.25) is 5.02 Å². The monoisotopic (exact) mass is 452 g/mol. The first-order valence-electron chi connectivity index (χ1n) is 9.64. The average molecular weight is 453 g/mol. The van der Waals surface area contributed by atoms with Gasteiger partial charge in [0.2, 0.25) is 0 Å². The first kappa shape index (κ1) is 22.0. The molecule has 0 radical (unpaired) electrons. The Morgan fingerprint density at radius 2 is 1.83 bits per heavy atom. The second kappa shape index (κ2) is 9.87. The van der Waals surface area contributed by atoms with Crippen LogP contribution in [-0.2, 0) is 10.0 Å². The van der Waals surface area contributed by atoms with Crippen LogP contribution >= 0.6 is 23.4 Å². The first-order chi connectivity index (χ1) is 13.8. The Labute approximate surface area is 181 Å². The van der Waals surface area contributed by atoms with Crippen LogP contribution < -0.4 is 10.0 Å². The number of thioether (sulfide) groups is 1. The van der Waals surface area contributed by atoms with Crippen LogP contribution in [0.5, 0.6) is 0 Å². The van der Waals surface area contributed by atoms with Gasteiger partial charge >= 0.3 is 0 Å². The van der Waals surface area contributed by atoms with Gasteiger partial charge in [-0.05, 0) is 50.1 Å². The third-order valence-electron chi connectivity index (χ3n) is 4.84. The van der Waals surface area contributed by atoms with Crippen molar-refractivity contribution in [3.8, 4) is 0 Å². The van der Waals surface area contributed by atoms with E-state index in [1.165, 1.54) is 37.8 Å². The standard InChI is InChI=1S/C21H25ClN2O3S2/c1-15-6-9-18(10-7-15)29(26,27)24-16-8-11-19(20(22)14-16)21(25)23-12-13-28-17-4-2-3-5-17/h6-11,14,17,24H,2-5,12-13H2,1H3,(H,23,25). The van der Waals surface area contributed by atoms with E-state index in [0.29, 0.717) is 17.8 Å². The van der Waals surface area contributed by atoms with Crippen LogP contribution in [0.4, 0.5) is 5.69 Å². The Bertz CT molecular complexity index is 956. The topological polar surface area (TPSA) is 75.3 Å². The minimum atomic E-state index is -3.72. The summed E-state index contributed by atoms with van der Waals surface area (Å²) in [6, 6.07) is 11.1. The molecule has 0 aliphatic heterocycles. The lowest BCUT2D eigenvalue weighted by atomic mass is 10.2. The second-order valence-electron chi connectivity index (χ2n) is 7.15. The molecule has 5 nitrogen and oxygen atoms in total. The fraction of sp³-hybridized carbons (Fsp3) is 0.381. The number of hydrogen-bond donors (Lipinski definition) is 2. The molecule has 29 heavy (non-hydrogen) atoms. The van der Waals surface area contributed by atoms with Crippen LogP contribution in [0.3, 0.4) is 0 Å². The SMILES string of the molecule is Cc1ccc(S(=O)(=O)Nc2ccc(C(=O)NCCSC3CCCC3)c(Cl)c2)cc1. The molecule has 1 amide bonds. The van der Waals surface area contributed by atoms with Crippen molar-refractivity contribution in [2.75, 3.05) is 17.0 Å². The second-order valence-corrected chi connectivity index (χ2v) is 10.6. The summed E-state index contributed by atoms with van der Waals surface area (Å²) < 4.78 is 27.5. The van der Waals surface area contributed by atoms with Gasteiger partial charge in [-0.2, -0.15) is 11.8 Å². The summed E-state index contributed by atoms with van der Waals surface area (Å²) >= 11 is 8.14. The molecule has 1 aliphatic carbocycles. The zero-order valence-corrected chi connectivity index (χ0v) is 18.7. The number of nitrogens with one attached hydrogen (secondary N) is 2. The Morgan fingerprint density at radius 1 is 1.14 bits per heavy atom. The zero-order chi connectivity index (χ0) is 20.9. The van der Waals surface area contributed by atoms with E-state index in [9.17, 15) is 13.2 Å². The largest absolute Gasteiger partial charge is 0.351 e. The number of rotatable bonds is 8. The fourth-order valence-corrected chi connectivity index (χ4v) is 5.77. The van der Waals surface area contributed by atoms with Crippen molar-refractivity contribution in [3.63, 3.8) is 0 Å². The number of carbonyl (C=O) groups is 1. The summed E-state index contributed by atoms with van der Waals surface area (Å²) in [5, 5.41) is 3.80. The number of aryl methyl sites for hydroxylation is 1. The molecular weight excluding hydrogens is 428 g/mol. The number of carbonyl (C=O) groups excluding carboxylic acids is 1. The molecule has 2 N–H and O–H groups in total. The highest BCUT2D eigenvalue weighted by atomic mass is 35.5. The molecule has 0 bridgehead atoms. The highest BCUT2D eigenvalue weighted by molar-refractivity contribution is 7.99. The van der Waals surface area contributed by atoms with E-state index in [0.717, 1.165) is 16.6 Å². The minimum Gasteiger partial charge on any atom is -0.351 e. The number of sulfonamides is 1. The first-order valence-corrected chi connectivity index (χ1v) is 12.5. The molecule has 156 valence electrons. The van der Waals surface area contributed by atoms with Gasteiger partial charge in [-0.25, -0.2) is 8.42 Å². The Balaban J connectivity index is 1.57. The van der Waals surface area contributed by atoms with E-state index in [-0.39, 0.29) is 15.8 Å². The van der Waals surface area contributed by atoms with Crippen molar-refractivity contribution in [2.45, 2.75) is 42.8 Å². The van der Waals surface area contributed by atoms with E-state index in [2.05, 4.69) is 10.0 Å². The number of anilines is 1. The predicted octanol–water partition coefficient (Wildman–Crippen LogP) is 4.85. The molecule has 0 atom stereocenters. The van der Waals surface area contributed by atoms with Crippen LogP contribution in [0, 0.1) is 6.92 Å². The number of benzene rings is 2. The number of hydrogen-bond acceptors (Lipinski definition) is 4. The van der Waals surface area contributed by atoms with Crippen molar-refractivity contribution in [1.29, 1.82) is 0 Å². The normalized spacial score (nSPS) is 14.7. The maximum absolute atomic E-state index is 12.5. The molecular formula is C21H25ClN2O3S2. The highest BCUT2D eigenvalue weighted by Crippen LogP contribution is 2.29. The molecule has 0 unspecified atom stereocenters. The number of amides is 1. The molecule has 0 saturated heterocycles. The van der Waals surface area contributed by atoms with Crippen molar-refractivity contribution in [1.82, 2.24) is 5.32 Å². The van der Waals surface area contributed by atoms with E-state index >= 15 is 0 Å². The molecule has 0 spiro atoms. The van der Waals surface area contributed by atoms with Crippen molar-refractivity contribution >= 4 is 45.0 Å². The van der Waals surface area contributed by atoms with Crippen LogP contribution in [0.25, 0.3) is 0 Å². The smallest absolute Gasteiger partial charge is 0.261 e. The molecule has 2 aromatic carbocycles. The lowest BCUT2D eigenvalue weighted by Gasteiger charge is -2.12. The molecule has 0 heterocycles. The third-order valence-corrected chi connectivity index (χ3v) is 7.93. The lowest BCUT2D eigenvalue weighted by Crippen LogP contribution is -2.26. The quantitative estimate of drug-likeness (QED) is 0.561. The van der Waals surface area contributed by atoms with Gasteiger partial charge in [-0.3, -0.25) is 9.52 Å². The van der Waals surface area contributed by atoms with Gasteiger partial charge in [-0.1, -0.05) is 42.1 Å². The van der Waals surface area contributed by atoms with Crippen LogP contribution in [0.15, 0.2) is 47.4 Å². The predicted molar refractivity (Wildman–Crippen MR) is 120 cm³/mol. The summed E-state index contributed by atoms with van der Waals surface area (Å²) in [6.07, 6.45) is 5.15. The summed E-state index contributed by atoms with van der Waals surface area (Å²) in [4.78, 5) is 12.5. The van der Waals surface area contributed by atoms with Crippen molar-refractivity contribution in [2.24, 2.45) is 0 Å². The Kier molecular flexibility index (Phi) is 7.49. The van der Waals surface area contributed by atoms with E-state index < -0.39 is 10.0 Å². The molecule has 0 aromatic heterocycles. The molecule has 1 saturated carbocycles. The summed E-state index contributed by atoms with van der Waals surface area (Å²) in [5.41, 5.74) is 1.61. The fourth-order valence-electron chi connectivity index (χ4n) is 3.23. The minimum absolute atomic E-state index is 0.167. The maximum atomic E-state index is 12.5. The molecule has 1 aliphatic rings. The van der Waals surface area contributed by atoms with Crippen LogP contribution in [0.1, 0.15) is 41.6 Å². The van der Waals surface area contributed by atoms with E-state index in [4.69, 9.17) is 11.6 Å². The van der Waals surface area contributed by atoms with Gasteiger partial charge in [-0.15, -0.1) is 0 Å². The molecule has 2 aromatic rings. The Hall–Kier alpha value is -1.70. The van der Waals surface area contributed by atoms with Crippen LogP contribution in [-0.4, -0.2) is 31.9 Å². The zero-order valence-electron chi connectivity index (χ0n) is 16.3. The third kappa shape index (κ3) is 6.14. The van der Waals surface area contributed by atoms with Gasteiger partial charge in [0.05, 0.1) is 21.2 Å². The van der Waals surface area contributed by atoms with E-state index in [1.807, 2.05) is 18.7 Å².